The Morgan fingerprint density at radius 2 is 1.63 bits per heavy atom. The maximum Gasteiger partial charge on any atom is 0.295 e. The van der Waals surface area contributed by atoms with Gasteiger partial charge < -0.3 is 14.2 Å². The van der Waals surface area contributed by atoms with E-state index in [-0.39, 0.29) is 23.6 Å². The minimum Gasteiger partial charge on any atom is -0.467 e. The molecule has 2 aromatic heterocycles. The predicted molar refractivity (Wildman–Crippen MR) is 113 cm³/mol. The van der Waals surface area contributed by atoms with Crippen molar-refractivity contribution in [3.63, 3.8) is 0 Å². The molecule has 0 unspecified atom stereocenters. The fourth-order valence-electron chi connectivity index (χ4n) is 4.22. The molecule has 1 N–H and O–H groups in total. The van der Waals surface area contributed by atoms with E-state index >= 15 is 0 Å². The van der Waals surface area contributed by atoms with Gasteiger partial charge in [-0.05, 0) is 62.1 Å². The number of nitrogens with zero attached hydrogens (tertiary/aromatic N) is 1. The molecular formula is C24H26N2O4. The lowest BCUT2D eigenvalue weighted by molar-refractivity contribution is -0.123. The van der Waals surface area contributed by atoms with Gasteiger partial charge in [0, 0.05) is 6.04 Å². The lowest BCUT2D eigenvalue weighted by Crippen LogP contribution is -2.46. The summed E-state index contributed by atoms with van der Waals surface area (Å²) in [5.41, 5.74) is 2.46. The van der Waals surface area contributed by atoms with E-state index in [0.29, 0.717) is 11.4 Å². The molecule has 156 valence electrons. The number of furan rings is 2. The molecule has 1 aromatic carbocycles. The quantitative estimate of drug-likeness (QED) is 0.629. The molecule has 0 aliphatic heterocycles. The Balaban J connectivity index is 1.82. The summed E-state index contributed by atoms with van der Waals surface area (Å²) in [7, 11) is 0. The Morgan fingerprint density at radius 3 is 2.23 bits per heavy atom. The minimum atomic E-state index is -0.946. The average Bonchev–Trinajstić information content (AvgIpc) is 3.49. The lowest BCUT2D eigenvalue weighted by Gasteiger charge is -2.32. The van der Waals surface area contributed by atoms with Crippen molar-refractivity contribution in [2.75, 3.05) is 4.90 Å². The molecule has 0 bridgehead atoms. The zero-order chi connectivity index (χ0) is 21.1. The summed E-state index contributed by atoms with van der Waals surface area (Å²) in [5, 5.41) is 3.13. The van der Waals surface area contributed by atoms with E-state index in [1.165, 1.54) is 17.4 Å². The van der Waals surface area contributed by atoms with Crippen molar-refractivity contribution in [3.05, 3.63) is 77.6 Å². The van der Waals surface area contributed by atoms with Gasteiger partial charge in [-0.25, -0.2) is 0 Å². The van der Waals surface area contributed by atoms with Crippen molar-refractivity contribution >= 4 is 17.5 Å². The molecule has 6 nitrogen and oxygen atoms in total. The highest BCUT2D eigenvalue weighted by atomic mass is 16.3. The summed E-state index contributed by atoms with van der Waals surface area (Å²) >= 11 is 0. The van der Waals surface area contributed by atoms with Crippen LogP contribution in [0.25, 0.3) is 0 Å². The maximum atomic E-state index is 13.6. The number of amides is 2. The van der Waals surface area contributed by atoms with Gasteiger partial charge in [0.2, 0.25) is 0 Å². The van der Waals surface area contributed by atoms with Gasteiger partial charge in [-0.15, -0.1) is 0 Å². The molecule has 4 rings (SSSR count). The van der Waals surface area contributed by atoms with Crippen molar-refractivity contribution in [2.45, 2.75) is 51.6 Å². The van der Waals surface area contributed by atoms with Crippen LogP contribution >= 0.6 is 0 Å². The zero-order valence-electron chi connectivity index (χ0n) is 17.3. The highest BCUT2D eigenvalue weighted by Gasteiger charge is 2.38. The molecule has 0 saturated heterocycles. The Labute approximate surface area is 175 Å². The first-order chi connectivity index (χ1) is 14.6. The van der Waals surface area contributed by atoms with E-state index in [9.17, 15) is 9.59 Å². The summed E-state index contributed by atoms with van der Waals surface area (Å²) < 4.78 is 11.1. The summed E-state index contributed by atoms with van der Waals surface area (Å²) in [6, 6.07) is 11.7. The standard InChI is InChI=1S/C24H26N2O4/c1-16-8-5-9-17(2)21(16)26(24(28)20-13-7-15-30-20)22(19-12-6-14-29-19)23(27)25-18-10-3-4-11-18/h5-9,12-15,18,22H,3-4,10-11H2,1-2H3,(H,25,27)/t22-/m0/s1. The SMILES string of the molecule is Cc1cccc(C)c1N(C(=O)c1ccco1)[C@H](C(=O)NC1CCCC1)c1ccco1. The molecule has 1 aliphatic carbocycles. The van der Waals surface area contributed by atoms with E-state index < -0.39 is 6.04 Å². The van der Waals surface area contributed by atoms with Crippen LogP contribution in [-0.2, 0) is 4.79 Å². The van der Waals surface area contributed by atoms with Crippen molar-refractivity contribution in [3.8, 4) is 0 Å². The number of hydrogen-bond acceptors (Lipinski definition) is 4. The van der Waals surface area contributed by atoms with Gasteiger partial charge in [0.05, 0.1) is 18.2 Å². The molecule has 1 atom stereocenters. The second kappa shape index (κ2) is 8.61. The first kappa shape index (κ1) is 20.0. The number of carbonyl (C=O) groups excluding carboxylic acids is 2. The van der Waals surface area contributed by atoms with E-state index in [0.717, 1.165) is 36.8 Å². The van der Waals surface area contributed by atoms with E-state index in [2.05, 4.69) is 5.32 Å². The molecule has 1 saturated carbocycles. The third-order valence-electron chi connectivity index (χ3n) is 5.65. The average molecular weight is 406 g/mol. The van der Waals surface area contributed by atoms with Gasteiger partial charge in [0.25, 0.3) is 11.8 Å². The van der Waals surface area contributed by atoms with Crippen LogP contribution in [0.5, 0.6) is 0 Å². The van der Waals surface area contributed by atoms with Crippen LogP contribution in [0.3, 0.4) is 0 Å². The smallest absolute Gasteiger partial charge is 0.295 e. The van der Waals surface area contributed by atoms with E-state index in [1.54, 1.807) is 24.3 Å². The third kappa shape index (κ3) is 3.90. The molecular weight excluding hydrogens is 380 g/mol. The summed E-state index contributed by atoms with van der Waals surface area (Å²) in [4.78, 5) is 28.6. The number of benzene rings is 1. The molecule has 6 heteroatoms. The Morgan fingerprint density at radius 1 is 0.967 bits per heavy atom. The van der Waals surface area contributed by atoms with Crippen LogP contribution in [0.2, 0.25) is 0 Å². The number of hydrogen-bond donors (Lipinski definition) is 1. The van der Waals surface area contributed by atoms with Gasteiger partial charge in [-0.1, -0.05) is 31.0 Å². The largest absolute Gasteiger partial charge is 0.467 e. The second-order valence-electron chi connectivity index (χ2n) is 7.80. The Hall–Kier alpha value is -3.28. The van der Waals surface area contributed by atoms with Crippen molar-refractivity contribution in [1.29, 1.82) is 0 Å². The monoisotopic (exact) mass is 406 g/mol. The number of rotatable bonds is 6. The first-order valence-corrected chi connectivity index (χ1v) is 10.3. The normalized spacial score (nSPS) is 15.1. The zero-order valence-corrected chi connectivity index (χ0v) is 17.3. The predicted octanol–water partition coefficient (Wildman–Crippen LogP) is 4.94. The number of nitrogens with one attached hydrogen (secondary N) is 1. The topological polar surface area (TPSA) is 75.7 Å². The van der Waals surface area contributed by atoms with Gasteiger partial charge in [-0.2, -0.15) is 0 Å². The third-order valence-corrected chi connectivity index (χ3v) is 5.65. The van der Waals surface area contributed by atoms with Crippen molar-refractivity contribution in [1.82, 2.24) is 5.32 Å². The van der Waals surface area contributed by atoms with E-state index in [4.69, 9.17) is 8.83 Å². The van der Waals surface area contributed by atoms with Crippen LogP contribution < -0.4 is 10.2 Å². The summed E-state index contributed by atoms with van der Waals surface area (Å²) in [6.45, 7) is 3.86. The first-order valence-electron chi connectivity index (χ1n) is 10.3. The highest BCUT2D eigenvalue weighted by molar-refractivity contribution is 6.09. The summed E-state index contributed by atoms with van der Waals surface area (Å²) in [6.07, 6.45) is 7.07. The second-order valence-corrected chi connectivity index (χ2v) is 7.80. The lowest BCUT2D eigenvalue weighted by atomic mass is 10.0. The van der Waals surface area contributed by atoms with Gasteiger partial charge in [-0.3, -0.25) is 14.5 Å². The van der Waals surface area contributed by atoms with Crippen LogP contribution in [0, 0.1) is 13.8 Å². The minimum absolute atomic E-state index is 0.119. The molecule has 0 spiro atoms. The fourth-order valence-corrected chi connectivity index (χ4v) is 4.22. The fraction of sp³-hybridized carbons (Fsp3) is 0.333. The Kier molecular flexibility index (Phi) is 5.74. The molecule has 0 radical (unpaired) electrons. The number of carbonyl (C=O) groups is 2. The molecule has 1 aliphatic rings. The molecule has 3 aromatic rings. The van der Waals surface area contributed by atoms with Gasteiger partial charge in [0.1, 0.15) is 5.76 Å². The van der Waals surface area contributed by atoms with Crippen molar-refractivity contribution < 1.29 is 18.4 Å². The summed E-state index contributed by atoms with van der Waals surface area (Å²) in [5.74, 6) is -0.0595. The Bertz CT molecular complexity index is 982. The number of anilines is 1. The highest BCUT2D eigenvalue weighted by Crippen LogP contribution is 2.35. The molecule has 30 heavy (non-hydrogen) atoms. The van der Waals surface area contributed by atoms with Gasteiger partial charge >= 0.3 is 0 Å². The van der Waals surface area contributed by atoms with Gasteiger partial charge in [0.15, 0.2) is 11.8 Å². The number of para-hydroxylation sites is 1. The maximum absolute atomic E-state index is 13.6. The van der Waals surface area contributed by atoms with Crippen LogP contribution in [-0.4, -0.2) is 17.9 Å². The number of aryl methyl sites for hydroxylation is 2. The molecule has 2 amide bonds. The van der Waals surface area contributed by atoms with Crippen LogP contribution in [0.4, 0.5) is 5.69 Å². The van der Waals surface area contributed by atoms with Crippen LogP contribution in [0.15, 0.2) is 63.8 Å². The molecule has 1 fully saturated rings. The van der Waals surface area contributed by atoms with Crippen molar-refractivity contribution in [2.24, 2.45) is 0 Å². The van der Waals surface area contributed by atoms with E-state index in [1.807, 2.05) is 32.0 Å². The molecule has 2 heterocycles. The van der Waals surface area contributed by atoms with Crippen LogP contribution in [0.1, 0.15) is 59.2 Å².